The van der Waals surface area contributed by atoms with Gasteiger partial charge in [0.2, 0.25) is 11.2 Å². The molecule has 536 valence electrons. The molecule has 0 N–H and O–H groups in total. The van der Waals surface area contributed by atoms with Gasteiger partial charge in [0, 0.05) is 62.2 Å². The molecule has 18 aromatic carbocycles. The van der Waals surface area contributed by atoms with Crippen LogP contribution in [0.15, 0.2) is 376 Å². The molecule has 26 rings (SSSR count). The molecule has 0 bridgehead atoms. The van der Waals surface area contributed by atoms with Crippen LogP contribution in [0, 0.1) is 0 Å². The van der Waals surface area contributed by atoms with Gasteiger partial charge in [-0.2, -0.15) is 0 Å². The molecular formula is C107H64ClN5S2. The number of nitrogens with zero attached hydrogens (tertiary/aromatic N) is 5. The van der Waals surface area contributed by atoms with Gasteiger partial charge in [0.05, 0.1) is 44.6 Å². The van der Waals surface area contributed by atoms with Crippen molar-refractivity contribution >= 4 is 157 Å². The Balaban J connectivity index is 0.000000110. The molecule has 3 aliphatic carbocycles. The van der Waals surface area contributed by atoms with Gasteiger partial charge in [-0.3, -0.25) is 4.90 Å². The molecule has 4 aromatic heterocycles. The van der Waals surface area contributed by atoms with E-state index in [-0.39, 0.29) is 10.7 Å². The molecule has 1 aliphatic heterocycles. The second-order valence-electron chi connectivity index (χ2n) is 30.6. The lowest BCUT2D eigenvalue weighted by atomic mass is 9.61. The maximum atomic E-state index is 6.49. The minimum Gasteiger partial charge on any atom is -0.278 e. The van der Waals surface area contributed by atoms with E-state index in [0.29, 0.717) is 5.95 Å². The van der Waals surface area contributed by atoms with E-state index in [4.69, 9.17) is 26.6 Å². The quantitative estimate of drug-likeness (QED) is 0.165. The van der Waals surface area contributed by atoms with Crippen molar-refractivity contribution < 1.29 is 0 Å². The molecule has 5 heterocycles. The highest BCUT2D eigenvalue weighted by atomic mass is 35.5. The minimum absolute atomic E-state index is 0.196. The Morgan fingerprint density at radius 3 is 1.04 bits per heavy atom. The Kier molecular flexibility index (Phi) is 14.7. The molecule has 0 unspecified atom stereocenters. The van der Waals surface area contributed by atoms with E-state index in [1.54, 1.807) is 11.3 Å². The summed E-state index contributed by atoms with van der Waals surface area (Å²) in [6.07, 6.45) is 1.01. The van der Waals surface area contributed by atoms with Crippen LogP contribution in [-0.2, 0) is 17.3 Å². The normalized spacial score (nSPS) is 13.5. The lowest BCUT2D eigenvalue weighted by Crippen LogP contribution is -2.36. The van der Waals surface area contributed by atoms with Crippen LogP contribution in [0.5, 0.6) is 0 Å². The van der Waals surface area contributed by atoms with Gasteiger partial charge >= 0.3 is 0 Å². The van der Waals surface area contributed by atoms with E-state index < -0.39 is 5.41 Å². The van der Waals surface area contributed by atoms with Crippen LogP contribution >= 0.6 is 34.3 Å². The van der Waals surface area contributed by atoms with Crippen LogP contribution in [0.3, 0.4) is 0 Å². The summed E-state index contributed by atoms with van der Waals surface area (Å²) >= 11 is 10.1. The SMILES string of the molecule is Clc1nc(-c2ccc3ccccc3c2)c2ccc3sc4cc5ccccc5cc4c3c2n1.c1ccc2c(c1)-c1ccccc1C21c2ccccc2N(c2nc(-c3ccc4ccccc4c3)c3ccc4sc5cc6ccccc6cc5c4c3n2)c2ccccc21.c1ccc2c(c1)Cc1ccccc1C21c2ccccc2-c2ccccc21. The average molecular weight is 1520 g/mol. The summed E-state index contributed by atoms with van der Waals surface area (Å²) in [6, 6.07) is 137. The summed E-state index contributed by atoms with van der Waals surface area (Å²) in [5.74, 6) is 0.660. The Morgan fingerprint density at radius 2 is 0.600 bits per heavy atom. The molecule has 0 saturated heterocycles. The first-order valence-electron chi connectivity index (χ1n) is 39.2. The fraction of sp³-hybridized carbons (Fsp3) is 0.0280. The fourth-order valence-electron chi connectivity index (χ4n) is 20.0. The third kappa shape index (κ3) is 9.79. The third-order valence-corrected chi connectivity index (χ3v) is 27.2. The molecule has 8 heteroatoms. The molecule has 2 spiro atoms. The van der Waals surface area contributed by atoms with E-state index in [1.807, 2.05) is 11.3 Å². The third-order valence-electron chi connectivity index (χ3n) is 24.8. The number of para-hydroxylation sites is 2. The highest BCUT2D eigenvalue weighted by molar-refractivity contribution is 7.26. The lowest BCUT2D eigenvalue weighted by Gasteiger charge is -2.44. The summed E-state index contributed by atoms with van der Waals surface area (Å²) in [5.41, 5.74) is 26.2. The van der Waals surface area contributed by atoms with Gasteiger partial charge in [-0.05, 0) is 212 Å². The maximum absolute atomic E-state index is 6.49. The summed E-state index contributed by atoms with van der Waals surface area (Å²) in [4.78, 5) is 23.0. The molecular weight excluding hydrogens is 1450 g/mol. The van der Waals surface area contributed by atoms with E-state index in [0.717, 1.165) is 67.5 Å². The molecule has 115 heavy (non-hydrogen) atoms. The van der Waals surface area contributed by atoms with Crippen molar-refractivity contribution in [2.24, 2.45) is 0 Å². The van der Waals surface area contributed by atoms with Crippen molar-refractivity contribution in [2.75, 3.05) is 4.90 Å². The monoisotopic (exact) mass is 1520 g/mol. The van der Waals surface area contributed by atoms with Crippen LogP contribution in [0.1, 0.15) is 55.6 Å². The van der Waals surface area contributed by atoms with Gasteiger partial charge in [0.25, 0.3) is 0 Å². The molecule has 0 fully saturated rings. The molecule has 5 nitrogen and oxygen atoms in total. The first-order chi connectivity index (χ1) is 56.9. The van der Waals surface area contributed by atoms with Crippen LogP contribution in [0.4, 0.5) is 17.3 Å². The highest BCUT2D eigenvalue weighted by Crippen LogP contribution is 2.64. The largest absolute Gasteiger partial charge is 0.278 e. The maximum Gasteiger partial charge on any atom is 0.235 e. The number of halogens is 1. The van der Waals surface area contributed by atoms with E-state index >= 15 is 0 Å². The first-order valence-corrected chi connectivity index (χ1v) is 41.2. The predicted molar refractivity (Wildman–Crippen MR) is 483 cm³/mol. The Labute approximate surface area is 675 Å². The van der Waals surface area contributed by atoms with Crippen LogP contribution in [0.25, 0.3) is 150 Å². The molecule has 0 atom stereocenters. The van der Waals surface area contributed by atoms with Gasteiger partial charge in [-0.1, -0.05) is 303 Å². The van der Waals surface area contributed by atoms with Gasteiger partial charge in [-0.25, -0.2) is 19.9 Å². The van der Waals surface area contributed by atoms with Gasteiger partial charge in [-0.15, -0.1) is 22.7 Å². The van der Waals surface area contributed by atoms with E-state index in [2.05, 4.69) is 386 Å². The van der Waals surface area contributed by atoms with E-state index in [1.165, 1.54) is 156 Å². The topological polar surface area (TPSA) is 54.8 Å². The van der Waals surface area contributed by atoms with Gasteiger partial charge < -0.3 is 0 Å². The molecule has 4 aliphatic rings. The summed E-state index contributed by atoms with van der Waals surface area (Å²) in [7, 11) is 0. The van der Waals surface area contributed by atoms with Gasteiger partial charge in [0.15, 0.2) is 0 Å². The Morgan fingerprint density at radius 1 is 0.261 bits per heavy atom. The zero-order valence-corrected chi connectivity index (χ0v) is 64.3. The number of anilines is 3. The second kappa shape index (κ2) is 25.6. The number of aromatic nitrogens is 4. The summed E-state index contributed by atoms with van der Waals surface area (Å²) in [5, 5.41) is 16.8. The van der Waals surface area contributed by atoms with Crippen LogP contribution in [0.2, 0.25) is 5.28 Å². The molecule has 0 amide bonds. The zero-order chi connectivity index (χ0) is 75.6. The van der Waals surface area contributed by atoms with Crippen molar-refractivity contribution in [3.63, 3.8) is 0 Å². The molecule has 22 aromatic rings. The van der Waals surface area contributed by atoms with Crippen molar-refractivity contribution in [3.05, 3.63) is 437 Å². The van der Waals surface area contributed by atoms with Crippen molar-refractivity contribution in [3.8, 4) is 44.8 Å². The van der Waals surface area contributed by atoms with Crippen molar-refractivity contribution in [1.82, 2.24) is 19.9 Å². The number of rotatable bonds is 3. The number of benzene rings is 18. The number of fused-ring (bicyclic) bond motifs is 32. The number of thiophene rings is 2. The number of hydrogen-bond donors (Lipinski definition) is 0. The first kappa shape index (κ1) is 65.9. The molecule has 0 saturated carbocycles. The Hall–Kier alpha value is -13.8. The van der Waals surface area contributed by atoms with Crippen molar-refractivity contribution in [1.29, 1.82) is 0 Å². The van der Waals surface area contributed by atoms with E-state index in [9.17, 15) is 0 Å². The number of hydrogen-bond acceptors (Lipinski definition) is 7. The van der Waals surface area contributed by atoms with Crippen LogP contribution < -0.4 is 4.90 Å². The summed E-state index contributed by atoms with van der Waals surface area (Å²) < 4.78 is 4.95. The molecule has 0 radical (unpaired) electrons. The minimum atomic E-state index is -0.507. The predicted octanol–water partition coefficient (Wildman–Crippen LogP) is 28.7. The highest BCUT2D eigenvalue weighted by Gasteiger charge is 2.53. The Bertz CT molecular complexity index is 7720. The second-order valence-corrected chi connectivity index (χ2v) is 33.2. The smallest absolute Gasteiger partial charge is 0.235 e. The van der Waals surface area contributed by atoms with Crippen molar-refractivity contribution in [2.45, 2.75) is 17.3 Å². The summed E-state index contributed by atoms with van der Waals surface area (Å²) in [6.45, 7) is 0. The van der Waals surface area contributed by atoms with Gasteiger partial charge in [0.1, 0.15) is 0 Å². The van der Waals surface area contributed by atoms with Crippen LogP contribution in [-0.4, -0.2) is 19.9 Å². The fourth-order valence-corrected chi connectivity index (χ4v) is 22.4. The zero-order valence-electron chi connectivity index (χ0n) is 61.9. The standard InChI is InChI=1S/C53H31N3S.C28H15ClN2S.C26H18/c1-2-14-33-29-36(26-25-32(33)13-1)50-39-27-28-47-49(40-30-34-15-3-4-16-35(34)31-48(40)57-47)51(39)55-52(54-50)56-45-23-11-9-21-43(45)53(44-22-10-12-24-46(44)56)41-19-7-5-17-37(41)38-18-6-8-20-42(38)53;29-28-30-26(20-10-9-16-5-1-2-6-17(16)13-20)21-11-12-23-25(27(21)31-28)22-14-18-7-3-4-8-19(18)15-24(22)32-23;1-5-13-22-18(9-1)17-19-10-2-6-14-23(19)26(22)24-15-7-3-11-20(24)21-12-4-8-16-25(21)26/h1-31H;1-15H;1-16H,17H2. The lowest BCUT2D eigenvalue weighted by molar-refractivity contribution is 0.722. The average Bonchev–Trinajstić information content (AvgIpc) is 1.56.